The number of carbonyl (C=O) groups excluding carboxylic acids is 1. The highest BCUT2D eigenvalue weighted by Gasteiger charge is 2.40. The van der Waals surface area contributed by atoms with Crippen LogP contribution in [0.15, 0.2) is 45.6 Å². The van der Waals surface area contributed by atoms with Crippen LogP contribution in [-0.2, 0) is 15.7 Å². The number of fused-ring (bicyclic) bond motifs is 1. The fraction of sp³-hybridized carbons (Fsp3) is 0.238. The molecule has 3 aromatic rings. The summed E-state index contributed by atoms with van der Waals surface area (Å²) < 4.78 is 60.7. The van der Waals surface area contributed by atoms with Crippen molar-refractivity contribution >= 4 is 16.9 Å². The number of alkyl halides is 3. The maximum absolute atomic E-state index is 13.6. The van der Waals surface area contributed by atoms with E-state index in [1.54, 1.807) is 13.8 Å². The fourth-order valence-corrected chi connectivity index (χ4v) is 2.84. The molecule has 9 heteroatoms. The molecule has 3 rings (SSSR count). The molecule has 0 aliphatic heterocycles. The van der Waals surface area contributed by atoms with Crippen molar-refractivity contribution < 1.29 is 36.6 Å². The smallest absolute Gasteiger partial charge is 0.453 e. The van der Waals surface area contributed by atoms with Crippen molar-refractivity contribution in [1.82, 2.24) is 0 Å². The highest BCUT2D eigenvalue weighted by molar-refractivity contribution is 5.80. The van der Waals surface area contributed by atoms with Gasteiger partial charge in [0.05, 0.1) is 12.5 Å². The molecule has 6 nitrogen and oxygen atoms in total. The first-order valence-electron chi connectivity index (χ1n) is 8.72. The number of ether oxygens (including phenoxy) is 3. The Hall–Kier alpha value is -3.49. The Balaban J connectivity index is 2.11. The van der Waals surface area contributed by atoms with Crippen LogP contribution >= 0.6 is 0 Å². The van der Waals surface area contributed by atoms with E-state index in [4.69, 9.17) is 13.9 Å². The predicted molar refractivity (Wildman–Crippen MR) is 101 cm³/mol. The van der Waals surface area contributed by atoms with E-state index in [0.29, 0.717) is 0 Å². The summed E-state index contributed by atoms with van der Waals surface area (Å²) in [6.45, 7) is 3.05. The highest BCUT2D eigenvalue weighted by atomic mass is 19.4. The molecule has 1 aromatic heterocycles. The van der Waals surface area contributed by atoms with Crippen molar-refractivity contribution in [3.8, 4) is 17.2 Å². The van der Waals surface area contributed by atoms with Gasteiger partial charge < -0.3 is 18.6 Å². The maximum Gasteiger partial charge on any atom is 0.453 e. The van der Waals surface area contributed by atoms with Crippen LogP contribution in [0.25, 0.3) is 11.0 Å². The summed E-state index contributed by atoms with van der Waals surface area (Å²) in [4.78, 5) is 24.0. The minimum atomic E-state index is -4.98. The molecule has 0 saturated carbocycles. The molecule has 0 atom stereocenters. The van der Waals surface area contributed by atoms with Crippen molar-refractivity contribution in [3.05, 3.63) is 63.5 Å². The van der Waals surface area contributed by atoms with Gasteiger partial charge in [-0.1, -0.05) is 6.07 Å². The van der Waals surface area contributed by atoms with Gasteiger partial charge in [-0.2, -0.15) is 13.2 Å². The quantitative estimate of drug-likeness (QED) is 0.552. The van der Waals surface area contributed by atoms with Crippen LogP contribution in [-0.4, -0.2) is 19.7 Å². The molecule has 0 unspecified atom stereocenters. The van der Waals surface area contributed by atoms with E-state index < -0.39 is 35.7 Å². The summed E-state index contributed by atoms with van der Waals surface area (Å²) in [5.74, 6) is -3.08. The zero-order valence-corrected chi connectivity index (χ0v) is 16.3. The van der Waals surface area contributed by atoms with Gasteiger partial charge in [-0.15, -0.1) is 0 Å². The molecule has 0 spiro atoms. The van der Waals surface area contributed by atoms with Crippen molar-refractivity contribution in [2.45, 2.75) is 20.0 Å². The highest BCUT2D eigenvalue weighted by Crippen LogP contribution is 2.38. The lowest BCUT2D eigenvalue weighted by molar-refractivity contribution is -0.154. The van der Waals surface area contributed by atoms with Crippen LogP contribution < -0.4 is 14.9 Å². The first-order chi connectivity index (χ1) is 14.1. The largest absolute Gasteiger partial charge is 0.482 e. The summed E-state index contributed by atoms with van der Waals surface area (Å²) in [5, 5.41) is -0.132. The third-order valence-corrected chi connectivity index (χ3v) is 4.08. The Morgan fingerprint density at radius 3 is 2.30 bits per heavy atom. The van der Waals surface area contributed by atoms with E-state index in [9.17, 15) is 22.8 Å². The Morgan fingerprint density at radius 2 is 1.70 bits per heavy atom. The van der Waals surface area contributed by atoms with Crippen LogP contribution in [0.4, 0.5) is 13.2 Å². The molecule has 0 bridgehead atoms. The average molecular weight is 422 g/mol. The van der Waals surface area contributed by atoms with E-state index in [1.807, 2.05) is 6.07 Å². The van der Waals surface area contributed by atoms with Gasteiger partial charge in [0.15, 0.2) is 6.61 Å². The van der Waals surface area contributed by atoms with Gasteiger partial charge in [-0.05, 0) is 49.2 Å². The first kappa shape index (κ1) is 21.2. The molecule has 1 heterocycles. The molecule has 0 N–H and O–H groups in total. The summed E-state index contributed by atoms with van der Waals surface area (Å²) in [6.07, 6.45) is -4.98. The maximum atomic E-state index is 13.6. The number of halogens is 3. The second kappa shape index (κ2) is 8.10. The number of esters is 1. The molecular formula is C21H17F3O6. The fourth-order valence-electron chi connectivity index (χ4n) is 2.84. The summed E-state index contributed by atoms with van der Waals surface area (Å²) in [5.41, 5.74) is 0.178. The zero-order chi connectivity index (χ0) is 22.1. The number of hydrogen-bond acceptors (Lipinski definition) is 6. The van der Waals surface area contributed by atoms with Crippen LogP contribution in [0, 0.1) is 13.8 Å². The predicted octanol–water partition coefficient (Wildman–Crippen LogP) is 4.77. The minimum absolute atomic E-state index is 0.0344. The number of rotatable bonds is 5. The normalized spacial score (nSPS) is 11.4. The van der Waals surface area contributed by atoms with Crippen LogP contribution in [0.1, 0.15) is 16.9 Å². The number of benzene rings is 2. The third-order valence-electron chi connectivity index (χ3n) is 4.08. The Morgan fingerprint density at radius 1 is 1.03 bits per heavy atom. The SMILES string of the molecule is COC(=O)COc1ccc2c(=O)c(Oc3cc(C)cc(C)c3)c(C(F)(F)F)oc2c1. The second-order valence-electron chi connectivity index (χ2n) is 6.54. The van der Waals surface area contributed by atoms with Gasteiger partial charge in [0, 0.05) is 6.07 Å². The monoisotopic (exact) mass is 422 g/mol. The molecular weight excluding hydrogens is 405 g/mol. The van der Waals surface area contributed by atoms with Gasteiger partial charge in [0.2, 0.25) is 11.2 Å². The van der Waals surface area contributed by atoms with Gasteiger partial charge in [-0.25, -0.2) is 4.79 Å². The summed E-state index contributed by atoms with van der Waals surface area (Å²) >= 11 is 0. The van der Waals surface area contributed by atoms with Crippen molar-refractivity contribution in [2.75, 3.05) is 13.7 Å². The van der Waals surface area contributed by atoms with E-state index in [-0.39, 0.29) is 22.5 Å². The number of carbonyl (C=O) groups is 1. The molecule has 30 heavy (non-hydrogen) atoms. The van der Waals surface area contributed by atoms with Gasteiger partial charge in [0.1, 0.15) is 17.1 Å². The van der Waals surface area contributed by atoms with Crippen molar-refractivity contribution in [1.29, 1.82) is 0 Å². The van der Waals surface area contributed by atoms with Crippen LogP contribution in [0.3, 0.4) is 0 Å². The molecule has 2 aromatic carbocycles. The lowest BCUT2D eigenvalue weighted by Gasteiger charge is -2.14. The summed E-state index contributed by atoms with van der Waals surface area (Å²) in [6, 6.07) is 8.51. The molecule has 0 radical (unpaired) electrons. The zero-order valence-electron chi connectivity index (χ0n) is 16.3. The number of methoxy groups -OCH3 is 1. The molecule has 158 valence electrons. The van der Waals surface area contributed by atoms with E-state index in [0.717, 1.165) is 24.3 Å². The Bertz CT molecular complexity index is 1140. The standard InChI is InChI=1S/C21H17F3O6/c1-11-6-12(2)8-14(7-11)29-19-18(26)15-5-4-13(28-10-17(25)27-3)9-16(15)30-20(19)21(22,23)24/h4-9H,10H2,1-3H3. The Labute approximate surface area is 168 Å². The van der Waals surface area contributed by atoms with Crippen molar-refractivity contribution in [2.24, 2.45) is 0 Å². The van der Waals surface area contributed by atoms with E-state index >= 15 is 0 Å². The molecule has 0 aliphatic rings. The second-order valence-corrected chi connectivity index (χ2v) is 6.54. The molecule has 0 fully saturated rings. The van der Waals surface area contributed by atoms with Crippen molar-refractivity contribution in [3.63, 3.8) is 0 Å². The molecule has 0 aliphatic carbocycles. The average Bonchev–Trinajstić information content (AvgIpc) is 2.66. The van der Waals surface area contributed by atoms with Crippen LogP contribution in [0.5, 0.6) is 17.2 Å². The van der Waals surface area contributed by atoms with E-state index in [1.165, 1.54) is 24.3 Å². The molecule has 0 amide bonds. The van der Waals surface area contributed by atoms with Gasteiger partial charge in [0.25, 0.3) is 5.76 Å². The van der Waals surface area contributed by atoms with E-state index in [2.05, 4.69) is 4.74 Å². The Kier molecular flexibility index (Phi) is 5.73. The first-order valence-corrected chi connectivity index (χ1v) is 8.72. The van der Waals surface area contributed by atoms with Gasteiger partial charge in [-0.3, -0.25) is 4.79 Å². The minimum Gasteiger partial charge on any atom is -0.482 e. The lowest BCUT2D eigenvalue weighted by Crippen LogP contribution is -2.16. The topological polar surface area (TPSA) is 75.0 Å². The third kappa shape index (κ3) is 4.56. The van der Waals surface area contributed by atoms with Crippen LogP contribution in [0.2, 0.25) is 0 Å². The number of hydrogen-bond donors (Lipinski definition) is 0. The molecule has 0 saturated heterocycles. The van der Waals surface area contributed by atoms with Gasteiger partial charge >= 0.3 is 12.1 Å². The number of aryl methyl sites for hydroxylation is 2. The lowest BCUT2D eigenvalue weighted by atomic mass is 10.1. The summed E-state index contributed by atoms with van der Waals surface area (Å²) in [7, 11) is 1.16.